The van der Waals surface area contributed by atoms with E-state index in [-0.39, 0.29) is 12.1 Å². The Morgan fingerprint density at radius 3 is 2.33 bits per heavy atom. The van der Waals surface area contributed by atoms with Crippen molar-refractivity contribution in [2.45, 2.75) is 70.4 Å². The van der Waals surface area contributed by atoms with Crippen LogP contribution in [0.25, 0.3) is 0 Å². The lowest BCUT2D eigenvalue weighted by molar-refractivity contribution is 0.137. The van der Waals surface area contributed by atoms with Crippen molar-refractivity contribution in [3.05, 3.63) is 0 Å². The fourth-order valence-corrected chi connectivity index (χ4v) is 2.95. The Hall–Kier alpha value is -0.120. The highest BCUT2D eigenvalue weighted by Gasteiger charge is 2.24. The highest BCUT2D eigenvalue weighted by atomic mass is 16.3. The standard InChI is InChI=1S/C15H32N2O/c1-4-16-15(2,13-18)11-12-17(3)14-9-7-5-6-8-10-14/h14,16,18H,4-13H2,1-3H3. The monoisotopic (exact) mass is 256 g/mol. The number of rotatable bonds is 7. The van der Waals surface area contributed by atoms with Gasteiger partial charge >= 0.3 is 0 Å². The first-order chi connectivity index (χ1) is 8.61. The molecule has 0 aliphatic heterocycles. The minimum atomic E-state index is -0.117. The molecular weight excluding hydrogens is 224 g/mol. The minimum Gasteiger partial charge on any atom is -0.394 e. The predicted molar refractivity (Wildman–Crippen MR) is 77.9 cm³/mol. The van der Waals surface area contributed by atoms with Gasteiger partial charge in [-0.3, -0.25) is 0 Å². The van der Waals surface area contributed by atoms with Gasteiger partial charge in [-0.1, -0.05) is 32.6 Å². The van der Waals surface area contributed by atoms with Crippen LogP contribution in [0.2, 0.25) is 0 Å². The van der Waals surface area contributed by atoms with E-state index in [1.807, 2.05) is 0 Å². The molecule has 1 rings (SSSR count). The second-order valence-corrected chi connectivity index (χ2v) is 6.13. The van der Waals surface area contributed by atoms with Gasteiger partial charge in [-0.2, -0.15) is 0 Å². The van der Waals surface area contributed by atoms with Crippen molar-refractivity contribution in [3.8, 4) is 0 Å². The first kappa shape index (κ1) is 15.9. The summed E-state index contributed by atoms with van der Waals surface area (Å²) < 4.78 is 0. The topological polar surface area (TPSA) is 35.5 Å². The zero-order valence-corrected chi connectivity index (χ0v) is 12.5. The van der Waals surface area contributed by atoms with Crippen molar-refractivity contribution in [2.75, 3.05) is 26.7 Å². The molecule has 0 saturated heterocycles. The Bertz CT molecular complexity index is 215. The van der Waals surface area contributed by atoms with Crippen LogP contribution in [-0.2, 0) is 0 Å². The maximum atomic E-state index is 9.50. The van der Waals surface area contributed by atoms with Crippen molar-refractivity contribution in [3.63, 3.8) is 0 Å². The molecule has 2 N–H and O–H groups in total. The molecule has 18 heavy (non-hydrogen) atoms. The largest absolute Gasteiger partial charge is 0.394 e. The molecule has 3 heteroatoms. The predicted octanol–water partition coefficient (Wildman–Crippen LogP) is 2.39. The van der Waals surface area contributed by atoms with Crippen LogP contribution < -0.4 is 5.32 Å². The molecule has 0 aromatic heterocycles. The smallest absolute Gasteiger partial charge is 0.0611 e. The molecule has 1 aliphatic carbocycles. The average molecular weight is 256 g/mol. The summed E-state index contributed by atoms with van der Waals surface area (Å²) in [5, 5.41) is 12.9. The average Bonchev–Trinajstić information content (AvgIpc) is 2.65. The number of hydrogen-bond acceptors (Lipinski definition) is 3. The molecule has 1 aliphatic rings. The van der Waals surface area contributed by atoms with Gasteiger partial charge < -0.3 is 15.3 Å². The number of hydrogen-bond donors (Lipinski definition) is 2. The summed E-state index contributed by atoms with van der Waals surface area (Å²) in [6.45, 7) is 6.44. The van der Waals surface area contributed by atoms with Gasteiger partial charge in [0.1, 0.15) is 0 Å². The van der Waals surface area contributed by atoms with E-state index in [0.717, 1.165) is 25.6 Å². The molecular formula is C15H32N2O. The highest BCUT2D eigenvalue weighted by molar-refractivity contribution is 4.84. The van der Waals surface area contributed by atoms with E-state index in [0.29, 0.717) is 0 Å². The summed E-state index contributed by atoms with van der Waals surface area (Å²) >= 11 is 0. The molecule has 108 valence electrons. The lowest BCUT2D eigenvalue weighted by atomic mass is 9.97. The number of nitrogens with one attached hydrogen (secondary N) is 1. The van der Waals surface area contributed by atoms with Crippen LogP contribution in [0.3, 0.4) is 0 Å². The number of aliphatic hydroxyl groups excluding tert-OH is 1. The maximum absolute atomic E-state index is 9.50. The molecule has 0 amide bonds. The van der Waals surface area contributed by atoms with E-state index in [4.69, 9.17) is 0 Å². The molecule has 0 bridgehead atoms. The highest BCUT2D eigenvalue weighted by Crippen LogP contribution is 2.22. The molecule has 1 unspecified atom stereocenters. The summed E-state index contributed by atoms with van der Waals surface area (Å²) in [5.41, 5.74) is -0.117. The van der Waals surface area contributed by atoms with E-state index in [1.54, 1.807) is 0 Å². The van der Waals surface area contributed by atoms with Crippen LogP contribution in [0.5, 0.6) is 0 Å². The third kappa shape index (κ3) is 5.25. The lowest BCUT2D eigenvalue weighted by Crippen LogP contribution is -2.48. The molecule has 0 aromatic rings. The van der Waals surface area contributed by atoms with Gasteiger partial charge in [0, 0.05) is 11.6 Å². The van der Waals surface area contributed by atoms with Crippen LogP contribution in [-0.4, -0.2) is 48.3 Å². The van der Waals surface area contributed by atoms with Crippen LogP contribution >= 0.6 is 0 Å². The molecule has 0 aromatic carbocycles. The summed E-state index contributed by atoms with van der Waals surface area (Å²) in [6, 6.07) is 0.761. The van der Waals surface area contributed by atoms with Crippen molar-refractivity contribution in [2.24, 2.45) is 0 Å². The molecule has 0 heterocycles. The summed E-state index contributed by atoms with van der Waals surface area (Å²) in [6.07, 6.45) is 9.33. The van der Waals surface area contributed by atoms with Gasteiger partial charge in [-0.05, 0) is 46.3 Å². The molecule has 1 saturated carbocycles. The Labute approximate surface area is 113 Å². The Morgan fingerprint density at radius 2 is 1.83 bits per heavy atom. The summed E-state index contributed by atoms with van der Waals surface area (Å²) in [7, 11) is 2.25. The third-order valence-corrected chi connectivity index (χ3v) is 4.42. The van der Waals surface area contributed by atoms with Gasteiger partial charge in [0.15, 0.2) is 0 Å². The first-order valence-electron chi connectivity index (χ1n) is 7.67. The number of likely N-dealkylation sites (N-methyl/N-ethyl adjacent to an activating group) is 1. The van der Waals surface area contributed by atoms with Crippen LogP contribution in [0, 0.1) is 0 Å². The Balaban J connectivity index is 2.36. The quantitative estimate of drug-likeness (QED) is 0.687. The van der Waals surface area contributed by atoms with Gasteiger partial charge in [0.2, 0.25) is 0 Å². The zero-order chi connectivity index (χ0) is 13.4. The number of aliphatic hydroxyl groups is 1. The molecule has 1 fully saturated rings. The van der Waals surface area contributed by atoms with Gasteiger partial charge in [-0.25, -0.2) is 0 Å². The van der Waals surface area contributed by atoms with Crippen LogP contribution in [0.15, 0.2) is 0 Å². The van der Waals surface area contributed by atoms with Crippen LogP contribution in [0.4, 0.5) is 0 Å². The molecule has 3 nitrogen and oxygen atoms in total. The molecule has 0 spiro atoms. The first-order valence-corrected chi connectivity index (χ1v) is 7.67. The second-order valence-electron chi connectivity index (χ2n) is 6.13. The second kappa shape index (κ2) is 8.13. The molecule has 1 atom stereocenters. The fraction of sp³-hybridized carbons (Fsp3) is 1.00. The summed E-state index contributed by atoms with van der Waals surface area (Å²) in [5.74, 6) is 0. The lowest BCUT2D eigenvalue weighted by Gasteiger charge is -2.33. The molecule has 0 radical (unpaired) electrons. The maximum Gasteiger partial charge on any atom is 0.0611 e. The summed E-state index contributed by atoms with van der Waals surface area (Å²) in [4.78, 5) is 2.51. The number of nitrogens with zero attached hydrogens (tertiary/aromatic N) is 1. The Kier molecular flexibility index (Phi) is 7.20. The zero-order valence-electron chi connectivity index (χ0n) is 12.5. The SMILES string of the molecule is CCNC(C)(CO)CCN(C)C1CCCCCC1. The van der Waals surface area contributed by atoms with Gasteiger partial charge in [-0.15, -0.1) is 0 Å². The third-order valence-electron chi connectivity index (χ3n) is 4.42. The van der Waals surface area contributed by atoms with Crippen molar-refractivity contribution < 1.29 is 5.11 Å². The van der Waals surface area contributed by atoms with Crippen LogP contribution in [0.1, 0.15) is 58.8 Å². The van der Waals surface area contributed by atoms with Gasteiger partial charge in [0.05, 0.1) is 6.61 Å². The normalized spacial score (nSPS) is 21.8. The van der Waals surface area contributed by atoms with E-state index in [1.165, 1.54) is 38.5 Å². The van der Waals surface area contributed by atoms with E-state index >= 15 is 0 Å². The Morgan fingerprint density at radius 1 is 1.22 bits per heavy atom. The minimum absolute atomic E-state index is 0.117. The van der Waals surface area contributed by atoms with E-state index in [2.05, 4.69) is 31.1 Å². The van der Waals surface area contributed by atoms with Gasteiger partial charge in [0.25, 0.3) is 0 Å². The van der Waals surface area contributed by atoms with Crippen molar-refractivity contribution in [1.82, 2.24) is 10.2 Å². The van der Waals surface area contributed by atoms with Crippen molar-refractivity contribution in [1.29, 1.82) is 0 Å². The fourth-order valence-electron chi connectivity index (χ4n) is 2.95. The van der Waals surface area contributed by atoms with E-state index < -0.39 is 0 Å². The van der Waals surface area contributed by atoms with E-state index in [9.17, 15) is 5.11 Å². The van der Waals surface area contributed by atoms with Crippen molar-refractivity contribution >= 4 is 0 Å².